The summed E-state index contributed by atoms with van der Waals surface area (Å²) < 4.78 is 7.49. The van der Waals surface area contributed by atoms with Gasteiger partial charge in [0.2, 0.25) is 0 Å². The minimum Gasteiger partial charge on any atom is -0.469 e. The molecule has 9 heteroatoms. The van der Waals surface area contributed by atoms with E-state index in [1.807, 2.05) is 11.5 Å². The number of allylic oxidation sites excluding steroid dienone is 1. The molecule has 24 heavy (non-hydrogen) atoms. The van der Waals surface area contributed by atoms with Crippen LogP contribution in [0.3, 0.4) is 0 Å². The van der Waals surface area contributed by atoms with E-state index in [-0.39, 0.29) is 5.91 Å². The van der Waals surface area contributed by atoms with Crippen molar-refractivity contribution in [1.29, 1.82) is 0 Å². The van der Waals surface area contributed by atoms with E-state index in [2.05, 4.69) is 27.1 Å². The Morgan fingerprint density at radius 2 is 2.38 bits per heavy atom. The van der Waals surface area contributed by atoms with Crippen molar-refractivity contribution in [1.82, 2.24) is 19.7 Å². The fraction of sp³-hybridized carbons (Fsp3) is 0.200. The minimum atomic E-state index is -0.258. The highest BCUT2D eigenvalue weighted by molar-refractivity contribution is 7.71. The monoisotopic (exact) mass is 361 g/mol. The van der Waals surface area contributed by atoms with Crippen LogP contribution in [0.1, 0.15) is 21.8 Å². The molecule has 0 bridgehead atoms. The maximum atomic E-state index is 12.3. The van der Waals surface area contributed by atoms with Gasteiger partial charge in [0.1, 0.15) is 5.76 Å². The highest BCUT2D eigenvalue weighted by atomic mass is 32.1. The van der Waals surface area contributed by atoms with Gasteiger partial charge < -0.3 is 4.42 Å². The summed E-state index contributed by atoms with van der Waals surface area (Å²) in [6, 6.07) is 1.63. The predicted octanol–water partition coefficient (Wildman–Crippen LogP) is 3.71. The Kier molecular flexibility index (Phi) is 4.45. The van der Waals surface area contributed by atoms with Crippen molar-refractivity contribution in [3.63, 3.8) is 0 Å². The molecule has 2 N–H and O–H groups in total. The third kappa shape index (κ3) is 2.95. The number of H-pyrrole nitrogens is 1. The molecule has 0 fully saturated rings. The van der Waals surface area contributed by atoms with Gasteiger partial charge in [-0.1, -0.05) is 17.4 Å². The van der Waals surface area contributed by atoms with Crippen LogP contribution in [0.2, 0.25) is 0 Å². The summed E-state index contributed by atoms with van der Waals surface area (Å²) in [7, 11) is 0. The molecule has 0 aliphatic heterocycles. The van der Waals surface area contributed by atoms with E-state index in [1.54, 1.807) is 19.1 Å². The first-order chi connectivity index (χ1) is 11.5. The second-order valence-electron chi connectivity index (χ2n) is 5.03. The van der Waals surface area contributed by atoms with Crippen molar-refractivity contribution < 1.29 is 9.21 Å². The maximum absolute atomic E-state index is 12.3. The van der Waals surface area contributed by atoms with Crippen LogP contribution in [-0.4, -0.2) is 25.7 Å². The number of nitrogens with one attached hydrogen (secondary N) is 2. The summed E-state index contributed by atoms with van der Waals surface area (Å²) in [5.74, 6) is 0.981. The van der Waals surface area contributed by atoms with Crippen LogP contribution in [0.5, 0.6) is 0 Å². The van der Waals surface area contributed by atoms with Gasteiger partial charge in [-0.15, -0.1) is 6.58 Å². The molecule has 0 aliphatic carbocycles. The van der Waals surface area contributed by atoms with Crippen LogP contribution < -0.4 is 5.32 Å². The van der Waals surface area contributed by atoms with Crippen molar-refractivity contribution in [3.05, 3.63) is 46.8 Å². The van der Waals surface area contributed by atoms with Crippen molar-refractivity contribution in [2.75, 3.05) is 5.32 Å². The first kappa shape index (κ1) is 16.3. The highest BCUT2D eigenvalue weighted by Gasteiger charge is 2.18. The lowest BCUT2D eigenvalue weighted by Crippen LogP contribution is -2.11. The Bertz CT molecular complexity index is 963. The van der Waals surface area contributed by atoms with Crippen molar-refractivity contribution in [2.45, 2.75) is 20.4 Å². The number of amides is 1. The zero-order valence-corrected chi connectivity index (χ0v) is 14.8. The molecule has 0 saturated heterocycles. The summed E-state index contributed by atoms with van der Waals surface area (Å²) in [6.45, 7) is 7.87. The van der Waals surface area contributed by atoms with Gasteiger partial charge in [0.25, 0.3) is 5.91 Å². The number of hydrogen-bond acceptors (Lipinski definition) is 6. The summed E-state index contributed by atoms with van der Waals surface area (Å²) in [5.41, 5.74) is 1.25. The SMILES string of the molecule is C=CCn1c(-c2sc(NC(=O)c3ccoc3C)nc2C)n[nH]c1=S. The number of rotatable bonds is 5. The third-order valence-corrected chi connectivity index (χ3v) is 4.77. The smallest absolute Gasteiger partial charge is 0.260 e. The zero-order valence-electron chi connectivity index (χ0n) is 13.1. The molecule has 0 radical (unpaired) electrons. The largest absolute Gasteiger partial charge is 0.469 e. The first-order valence-corrected chi connectivity index (χ1v) is 8.33. The van der Waals surface area contributed by atoms with Crippen LogP contribution in [0.4, 0.5) is 5.13 Å². The molecule has 0 aromatic carbocycles. The van der Waals surface area contributed by atoms with Gasteiger partial charge in [-0.05, 0) is 32.1 Å². The van der Waals surface area contributed by atoms with Gasteiger partial charge in [-0.2, -0.15) is 5.10 Å². The zero-order chi connectivity index (χ0) is 17.3. The van der Waals surface area contributed by atoms with E-state index >= 15 is 0 Å². The molecule has 0 atom stereocenters. The standard InChI is InChI=1S/C15H15N5O2S2/c1-4-6-20-12(18-19-15(20)23)11-8(2)16-14(24-11)17-13(21)10-5-7-22-9(10)3/h4-5,7H,1,6H2,2-3H3,(H,19,23)(H,16,17,21). The summed E-state index contributed by atoms with van der Waals surface area (Å²) >= 11 is 6.57. The van der Waals surface area contributed by atoms with Gasteiger partial charge >= 0.3 is 0 Å². The molecule has 7 nitrogen and oxygen atoms in total. The number of carbonyl (C=O) groups is 1. The van der Waals surface area contributed by atoms with Gasteiger partial charge in [0.15, 0.2) is 15.7 Å². The molecule has 1 amide bonds. The molecule has 3 heterocycles. The number of aromatic amines is 1. The number of thiazole rings is 1. The van der Waals surface area contributed by atoms with Gasteiger partial charge in [0.05, 0.1) is 22.4 Å². The van der Waals surface area contributed by atoms with Crippen LogP contribution in [-0.2, 0) is 6.54 Å². The Labute approximate surface area is 147 Å². The van der Waals surface area contributed by atoms with E-state index in [0.717, 1.165) is 10.6 Å². The van der Waals surface area contributed by atoms with Gasteiger partial charge in [0, 0.05) is 6.54 Å². The average Bonchev–Trinajstić information content (AvgIpc) is 3.21. The molecule has 3 aromatic rings. The molecular weight excluding hydrogens is 346 g/mol. The van der Waals surface area contributed by atoms with Crippen molar-refractivity contribution >= 4 is 34.6 Å². The fourth-order valence-electron chi connectivity index (χ4n) is 2.23. The van der Waals surface area contributed by atoms with Gasteiger partial charge in [-0.3, -0.25) is 19.8 Å². The molecule has 3 aromatic heterocycles. The normalized spacial score (nSPS) is 10.8. The Hall–Kier alpha value is -2.52. The molecule has 0 saturated carbocycles. The van der Waals surface area contributed by atoms with Crippen molar-refractivity contribution in [2.24, 2.45) is 0 Å². The number of furan rings is 1. The van der Waals surface area contributed by atoms with E-state index in [4.69, 9.17) is 16.6 Å². The Morgan fingerprint density at radius 3 is 3.04 bits per heavy atom. The third-order valence-electron chi connectivity index (χ3n) is 3.39. The van der Waals surface area contributed by atoms with Crippen LogP contribution >= 0.6 is 23.6 Å². The fourth-order valence-corrected chi connectivity index (χ4v) is 3.40. The second-order valence-corrected chi connectivity index (χ2v) is 6.42. The van der Waals surface area contributed by atoms with E-state index in [1.165, 1.54) is 17.6 Å². The van der Waals surface area contributed by atoms with Crippen LogP contribution in [0.25, 0.3) is 10.7 Å². The Morgan fingerprint density at radius 1 is 1.58 bits per heavy atom. The summed E-state index contributed by atoms with van der Waals surface area (Å²) in [5, 5.41) is 10.3. The quantitative estimate of drug-likeness (QED) is 0.534. The van der Waals surface area contributed by atoms with Crippen LogP contribution in [0.15, 0.2) is 29.4 Å². The molecule has 3 rings (SSSR count). The summed E-state index contributed by atoms with van der Waals surface area (Å²) in [6.07, 6.45) is 3.23. The minimum absolute atomic E-state index is 0.258. The topological polar surface area (TPSA) is 88.7 Å². The number of anilines is 1. The lowest BCUT2D eigenvalue weighted by atomic mass is 10.2. The van der Waals surface area contributed by atoms with Crippen LogP contribution in [0, 0.1) is 18.6 Å². The number of hydrogen-bond donors (Lipinski definition) is 2. The lowest BCUT2D eigenvalue weighted by Gasteiger charge is -2.01. The Balaban J connectivity index is 1.91. The molecular formula is C15H15N5O2S2. The van der Waals surface area contributed by atoms with Crippen molar-refractivity contribution in [3.8, 4) is 10.7 Å². The van der Waals surface area contributed by atoms with E-state index < -0.39 is 0 Å². The first-order valence-electron chi connectivity index (χ1n) is 7.10. The maximum Gasteiger partial charge on any atom is 0.260 e. The summed E-state index contributed by atoms with van der Waals surface area (Å²) in [4.78, 5) is 17.5. The van der Waals surface area contributed by atoms with E-state index in [0.29, 0.717) is 33.6 Å². The van der Waals surface area contributed by atoms with Gasteiger partial charge in [-0.25, -0.2) is 4.98 Å². The lowest BCUT2D eigenvalue weighted by molar-refractivity contribution is 0.102. The number of nitrogens with zero attached hydrogens (tertiary/aromatic N) is 3. The number of aromatic nitrogens is 4. The van der Waals surface area contributed by atoms with E-state index in [9.17, 15) is 4.79 Å². The molecule has 124 valence electrons. The molecule has 0 unspecified atom stereocenters. The average molecular weight is 361 g/mol. The number of aryl methyl sites for hydroxylation is 2. The second kappa shape index (κ2) is 6.54. The predicted molar refractivity (Wildman–Crippen MR) is 94.9 cm³/mol. The molecule has 0 spiro atoms. The number of carbonyl (C=O) groups excluding carboxylic acids is 1. The highest BCUT2D eigenvalue weighted by Crippen LogP contribution is 2.32. The molecule has 0 aliphatic rings.